The molecule has 0 amide bonds. The molecule has 4 heteroatoms. The Labute approximate surface area is 165 Å². The van der Waals surface area contributed by atoms with E-state index in [0.29, 0.717) is 6.54 Å². The summed E-state index contributed by atoms with van der Waals surface area (Å²) in [6, 6.07) is 22.5. The van der Waals surface area contributed by atoms with Crippen LogP contribution in [0.4, 0.5) is 0 Å². The molecule has 2 aromatic heterocycles. The van der Waals surface area contributed by atoms with Crippen LogP contribution in [0.25, 0.3) is 28.2 Å². The molecule has 0 N–H and O–H groups in total. The predicted octanol–water partition coefficient (Wildman–Crippen LogP) is 4.28. The molecule has 0 saturated carbocycles. The summed E-state index contributed by atoms with van der Waals surface area (Å²) >= 11 is 0. The van der Waals surface area contributed by atoms with E-state index in [1.54, 1.807) is 0 Å². The highest BCUT2D eigenvalue weighted by molar-refractivity contribution is 5.78. The third-order valence-electron chi connectivity index (χ3n) is 4.44. The lowest BCUT2D eigenvalue weighted by atomic mass is 10.1. The van der Waals surface area contributed by atoms with Crippen LogP contribution < -0.4 is 0 Å². The summed E-state index contributed by atoms with van der Waals surface area (Å²) in [6.07, 6.45) is 0. The van der Waals surface area contributed by atoms with Crippen molar-refractivity contribution in [1.82, 2.24) is 19.5 Å². The Morgan fingerprint density at radius 1 is 0.929 bits per heavy atom. The van der Waals surface area contributed by atoms with Crippen LogP contribution in [0.15, 0.2) is 66.7 Å². The van der Waals surface area contributed by atoms with Gasteiger partial charge in [-0.15, -0.1) is 0 Å². The van der Waals surface area contributed by atoms with Gasteiger partial charge in [-0.25, -0.2) is 9.50 Å². The zero-order valence-electron chi connectivity index (χ0n) is 16.3. The molecule has 0 radical (unpaired) electrons. The Kier molecular flexibility index (Phi) is 4.92. The molecule has 4 rings (SSSR count). The van der Waals surface area contributed by atoms with Gasteiger partial charge in [0.15, 0.2) is 5.65 Å². The summed E-state index contributed by atoms with van der Waals surface area (Å²) in [5, 5.41) is 4.94. The fourth-order valence-electron chi connectivity index (χ4n) is 3.15. The number of aryl methyl sites for hydroxylation is 1. The smallest absolute Gasteiger partial charge is 0.172 e. The highest BCUT2D eigenvalue weighted by Crippen LogP contribution is 2.28. The average molecular weight is 366 g/mol. The fraction of sp³-hybridized carbons (Fsp3) is 0.167. The van der Waals surface area contributed by atoms with E-state index >= 15 is 0 Å². The second-order valence-corrected chi connectivity index (χ2v) is 7.01. The van der Waals surface area contributed by atoms with E-state index < -0.39 is 0 Å². The minimum absolute atomic E-state index is 0.683. The number of fused-ring (bicyclic) bond motifs is 1. The molecule has 0 fully saturated rings. The van der Waals surface area contributed by atoms with E-state index in [2.05, 4.69) is 47.1 Å². The first-order chi connectivity index (χ1) is 13.6. The molecule has 0 aliphatic rings. The van der Waals surface area contributed by atoms with Gasteiger partial charge in [-0.1, -0.05) is 72.5 Å². The predicted molar refractivity (Wildman–Crippen MR) is 114 cm³/mol. The lowest BCUT2D eigenvalue weighted by Crippen LogP contribution is -2.10. The number of benzene rings is 2. The Bertz CT molecular complexity index is 1160. The maximum Gasteiger partial charge on any atom is 0.172 e. The summed E-state index contributed by atoms with van der Waals surface area (Å²) in [4.78, 5) is 6.84. The van der Waals surface area contributed by atoms with Gasteiger partial charge >= 0.3 is 0 Å². The van der Waals surface area contributed by atoms with Gasteiger partial charge in [-0.05, 0) is 27.1 Å². The zero-order chi connectivity index (χ0) is 19.5. The first-order valence-electron chi connectivity index (χ1n) is 9.28. The quantitative estimate of drug-likeness (QED) is 0.507. The minimum atomic E-state index is 0.683. The van der Waals surface area contributed by atoms with E-state index in [0.717, 1.165) is 39.4 Å². The minimum Gasteiger partial charge on any atom is -0.299 e. The summed E-state index contributed by atoms with van der Waals surface area (Å²) in [5.74, 6) is 6.59. The number of hydrogen-bond acceptors (Lipinski definition) is 3. The van der Waals surface area contributed by atoms with Crippen molar-refractivity contribution in [2.75, 3.05) is 20.6 Å². The Morgan fingerprint density at radius 2 is 1.57 bits per heavy atom. The Hall–Kier alpha value is -3.42. The molecular formula is C24H22N4. The van der Waals surface area contributed by atoms with Crippen molar-refractivity contribution in [3.63, 3.8) is 0 Å². The zero-order valence-corrected chi connectivity index (χ0v) is 16.3. The van der Waals surface area contributed by atoms with E-state index in [9.17, 15) is 0 Å². The largest absolute Gasteiger partial charge is 0.299 e. The van der Waals surface area contributed by atoms with Crippen LogP contribution in [0, 0.1) is 18.8 Å². The summed E-state index contributed by atoms with van der Waals surface area (Å²) in [6.45, 7) is 2.70. The second kappa shape index (κ2) is 7.67. The number of hydrogen-bond donors (Lipinski definition) is 0. The lowest BCUT2D eigenvalue weighted by Gasteiger charge is -2.06. The molecule has 4 nitrogen and oxygen atoms in total. The average Bonchev–Trinajstić information content (AvgIpc) is 3.07. The monoisotopic (exact) mass is 366 g/mol. The normalized spacial score (nSPS) is 10.9. The van der Waals surface area contributed by atoms with Crippen molar-refractivity contribution in [2.24, 2.45) is 0 Å². The van der Waals surface area contributed by atoms with Crippen LogP contribution in [0.1, 0.15) is 11.3 Å². The third-order valence-corrected chi connectivity index (χ3v) is 4.44. The van der Waals surface area contributed by atoms with Crippen molar-refractivity contribution in [3.8, 4) is 34.4 Å². The molecule has 0 bridgehead atoms. The molecule has 0 unspecified atom stereocenters. The van der Waals surface area contributed by atoms with Gasteiger partial charge < -0.3 is 0 Å². The molecule has 0 spiro atoms. The first-order valence-corrected chi connectivity index (χ1v) is 9.28. The molecule has 0 atom stereocenters. The Balaban J connectivity index is 2.01. The Morgan fingerprint density at radius 3 is 2.21 bits per heavy atom. The number of rotatable bonds is 3. The molecule has 138 valence electrons. The lowest BCUT2D eigenvalue weighted by molar-refractivity contribution is 0.464. The molecular weight excluding hydrogens is 344 g/mol. The summed E-state index contributed by atoms with van der Waals surface area (Å²) in [7, 11) is 4.03. The SMILES string of the molecule is Cc1cc(-c2ccccc2)n2nc(-c3ccccc3)c(C#CCN(C)C)c2n1. The summed E-state index contributed by atoms with van der Waals surface area (Å²) < 4.78 is 1.92. The van der Waals surface area contributed by atoms with Crippen LogP contribution in [0.5, 0.6) is 0 Å². The van der Waals surface area contributed by atoms with E-state index in [1.165, 1.54) is 0 Å². The maximum atomic E-state index is 4.94. The first kappa shape index (κ1) is 18.0. The van der Waals surface area contributed by atoms with E-state index in [-0.39, 0.29) is 0 Å². The van der Waals surface area contributed by atoms with Gasteiger partial charge in [0.25, 0.3) is 0 Å². The van der Waals surface area contributed by atoms with Gasteiger partial charge in [0.2, 0.25) is 0 Å². The number of aromatic nitrogens is 3. The maximum absolute atomic E-state index is 4.94. The molecule has 0 aliphatic heterocycles. The third kappa shape index (κ3) is 3.53. The van der Waals surface area contributed by atoms with Gasteiger partial charge in [0.05, 0.1) is 17.8 Å². The molecule has 0 saturated heterocycles. The van der Waals surface area contributed by atoms with E-state index in [4.69, 9.17) is 10.1 Å². The van der Waals surface area contributed by atoms with Crippen LogP contribution in [-0.4, -0.2) is 40.1 Å². The van der Waals surface area contributed by atoms with Crippen molar-refractivity contribution >= 4 is 5.65 Å². The molecule has 28 heavy (non-hydrogen) atoms. The topological polar surface area (TPSA) is 33.4 Å². The van der Waals surface area contributed by atoms with Gasteiger partial charge in [-0.2, -0.15) is 5.10 Å². The van der Waals surface area contributed by atoms with Crippen molar-refractivity contribution < 1.29 is 0 Å². The highest BCUT2D eigenvalue weighted by Gasteiger charge is 2.17. The van der Waals surface area contributed by atoms with Crippen molar-refractivity contribution in [3.05, 3.63) is 78.0 Å². The molecule has 0 aliphatic carbocycles. The van der Waals surface area contributed by atoms with Crippen LogP contribution >= 0.6 is 0 Å². The van der Waals surface area contributed by atoms with Crippen LogP contribution in [0.3, 0.4) is 0 Å². The van der Waals surface area contributed by atoms with Crippen molar-refractivity contribution in [1.29, 1.82) is 0 Å². The van der Waals surface area contributed by atoms with E-state index in [1.807, 2.05) is 61.9 Å². The second-order valence-electron chi connectivity index (χ2n) is 7.01. The highest BCUT2D eigenvalue weighted by atomic mass is 15.3. The fourth-order valence-corrected chi connectivity index (χ4v) is 3.15. The number of nitrogens with zero attached hydrogens (tertiary/aromatic N) is 4. The van der Waals surface area contributed by atoms with Gasteiger partial charge in [0, 0.05) is 16.8 Å². The summed E-state index contributed by atoms with van der Waals surface area (Å²) in [5.41, 5.74) is 6.63. The van der Waals surface area contributed by atoms with Crippen LogP contribution in [-0.2, 0) is 0 Å². The molecule has 2 heterocycles. The standard InChI is InChI=1S/C24H22N4/c1-18-17-22(19-11-6-4-7-12-19)28-24(25-18)21(15-10-16-27(2)3)23(26-28)20-13-8-5-9-14-20/h4-9,11-14,17H,16H2,1-3H3. The van der Waals surface area contributed by atoms with Crippen molar-refractivity contribution in [2.45, 2.75) is 6.92 Å². The van der Waals surface area contributed by atoms with Crippen LogP contribution in [0.2, 0.25) is 0 Å². The van der Waals surface area contributed by atoms with Gasteiger partial charge in [-0.3, -0.25) is 4.90 Å². The van der Waals surface area contributed by atoms with Gasteiger partial charge in [0.1, 0.15) is 5.69 Å². The molecule has 4 aromatic rings. The molecule has 2 aromatic carbocycles.